The van der Waals surface area contributed by atoms with E-state index in [4.69, 9.17) is 9.57 Å². The third-order valence-electron chi connectivity index (χ3n) is 6.14. The summed E-state index contributed by atoms with van der Waals surface area (Å²) in [5.74, 6) is -1.13. The Kier molecular flexibility index (Phi) is 6.32. The number of aliphatic carboxylic acids is 1. The van der Waals surface area contributed by atoms with E-state index in [9.17, 15) is 15.2 Å². The molecule has 0 aromatic heterocycles. The van der Waals surface area contributed by atoms with E-state index in [-0.39, 0.29) is 5.41 Å². The second-order valence-electron chi connectivity index (χ2n) is 10.0. The van der Waals surface area contributed by atoms with Crippen LogP contribution in [0, 0.1) is 33.5 Å². The maximum absolute atomic E-state index is 12.6. The summed E-state index contributed by atoms with van der Waals surface area (Å²) in [6.45, 7) is 10.2. The number of benzene rings is 2. The molecule has 0 radical (unpaired) electrons. The Morgan fingerprint density at radius 3 is 2.44 bits per heavy atom. The van der Waals surface area contributed by atoms with Crippen LogP contribution >= 0.6 is 0 Å². The van der Waals surface area contributed by atoms with Crippen LogP contribution in [-0.4, -0.2) is 23.9 Å². The summed E-state index contributed by atoms with van der Waals surface area (Å²) in [4.78, 5) is 18.0. The highest BCUT2D eigenvalue weighted by molar-refractivity contribution is 5.91. The van der Waals surface area contributed by atoms with Gasteiger partial charge in [-0.3, -0.25) is 4.79 Å². The van der Waals surface area contributed by atoms with E-state index < -0.39 is 28.6 Å². The molecular formula is C26H30N2O4. The number of carboxylic acids is 1. The molecule has 1 saturated carbocycles. The lowest BCUT2D eigenvalue weighted by Gasteiger charge is -2.22. The topological polar surface area (TPSA) is 91.9 Å². The van der Waals surface area contributed by atoms with Gasteiger partial charge in [-0.2, -0.15) is 5.26 Å². The molecule has 1 fully saturated rings. The van der Waals surface area contributed by atoms with Crippen LogP contribution in [0.15, 0.2) is 59.8 Å². The minimum atomic E-state index is -1.32. The van der Waals surface area contributed by atoms with Gasteiger partial charge in [-0.15, -0.1) is 0 Å². The largest absolute Gasteiger partial charge is 0.481 e. The molecule has 0 bridgehead atoms. The van der Waals surface area contributed by atoms with E-state index in [1.807, 2.05) is 65.0 Å². The molecule has 1 N–H and O–H groups in total. The van der Waals surface area contributed by atoms with Crippen LogP contribution in [0.25, 0.3) is 0 Å². The molecule has 0 saturated heterocycles. The average Bonchev–Trinajstić information content (AvgIpc) is 3.22. The van der Waals surface area contributed by atoms with E-state index >= 15 is 0 Å². The first-order valence-corrected chi connectivity index (χ1v) is 10.7. The molecule has 0 aliphatic heterocycles. The van der Waals surface area contributed by atoms with Crippen molar-refractivity contribution in [3.63, 3.8) is 0 Å². The second kappa shape index (κ2) is 8.66. The van der Waals surface area contributed by atoms with Gasteiger partial charge in [0.2, 0.25) is 0 Å². The molecule has 0 spiro atoms. The molecule has 2 aromatic carbocycles. The van der Waals surface area contributed by atoms with Gasteiger partial charge in [-0.25, -0.2) is 0 Å². The normalized spacial score (nSPS) is 22.7. The summed E-state index contributed by atoms with van der Waals surface area (Å²) in [5, 5.41) is 24.4. The van der Waals surface area contributed by atoms with Crippen molar-refractivity contribution >= 4 is 12.2 Å². The number of hydrogen-bond acceptors (Lipinski definition) is 5. The Morgan fingerprint density at radius 2 is 1.84 bits per heavy atom. The molecule has 6 heteroatoms. The summed E-state index contributed by atoms with van der Waals surface area (Å²) < 4.78 is 5.89. The Bertz CT molecular complexity index is 1030. The van der Waals surface area contributed by atoms with Gasteiger partial charge in [-0.1, -0.05) is 70.1 Å². The predicted molar refractivity (Wildman–Crippen MR) is 123 cm³/mol. The molecule has 0 heterocycles. The zero-order valence-corrected chi connectivity index (χ0v) is 19.2. The van der Waals surface area contributed by atoms with Crippen LogP contribution in [0.2, 0.25) is 0 Å². The Labute approximate surface area is 189 Å². The number of ether oxygens (including phenoxy) is 1. The average molecular weight is 435 g/mol. The number of carbonyl (C=O) groups is 1. The molecule has 168 valence electrons. The maximum atomic E-state index is 12.6. The first-order chi connectivity index (χ1) is 15.0. The van der Waals surface area contributed by atoms with Crippen molar-refractivity contribution in [3.8, 4) is 17.6 Å². The fourth-order valence-corrected chi connectivity index (χ4v) is 4.38. The molecule has 32 heavy (non-hydrogen) atoms. The number of oxime groups is 1. The van der Waals surface area contributed by atoms with Crippen molar-refractivity contribution in [3.05, 3.63) is 60.2 Å². The molecular weight excluding hydrogens is 404 g/mol. The molecule has 2 aromatic rings. The molecule has 0 amide bonds. The van der Waals surface area contributed by atoms with Gasteiger partial charge in [0, 0.05) is 12.1 Å². The monoisotopic (exact) mass is 434 g/mol. The van der Waals surface area contributed by atoms with Crippen LogP contribution in [0.5, 0.6) is 11.5 Å². The minimum absolute atomic E-state index is 0.0608. The number of nitriles is 1. The Balaban J connectivity index is 1.90. The Hall–Kier alpha value is -3.33. The smallest absolute Gasteiger partial charge is 0.312 e. The Morgan fingerprint density at radius 1 is 1.19 bits per heavy atom. The maximum Gasteiger partial charge on any atom is 0.312 e. The summed E-state index contributed by atoms with van der Waals surface area (Å²) in [6, 6.07) is 18.6. The molecule has 1 aliphatic rings. The van der Waals surface area contributed by atoms with E-state index in [1.54, 1.807) is 30.5 Å². The molecule has 0 unspecified atom stereocenters. The van der Waals surface area contributed by atoms with Crippen LogP contribution in [0.4, 0.5) is 0 Å². The summed E-state index contributed by atoms with van der Waals surface area (Å²) >= 11 is 0. The number of rotatable bonds is 8. The lowest BCUT2D eigenvalue weighted by atomic mass is 9.78. The van der Waals surface area contributed by atoms with Crippen molar-refractivity contribution in [2.24, 2.45) is 27.3 Å². The lowest BCUT2D eigenvalue weighted by Crippen LogP contribution is -2.29. The summed E-state index contributed by atoms with van der Waals surface area (Å²) in [5.41, 5.74) is -1.46. The zero-order chi connectivity index (χ0) is 23.6. The van der Waals surface area contributed by atoms with Gasteiger partial charge in [-0.05, 0) is 40.7 Å². The molecule has 3 atom stereocenters. The van der Waals surface area contributed by atoms with Gasteiger partial charge >= 0.3 is 5.97 Å². The third-order valence-corrected chi connectivity index (χ3v) is 6.14. The summed E-state index contributed by atoms with van der Waals surface area (Å²) in [6.07, 6.45) is 1.55. The van der Waals surface area contributed by atoms with Crippen LogP contribution in [-0.2, 0) is 9.63 Å². The van der Waals surface area contributed by atoms with Gasteiger partial charge in [0.15, 0.2) is 0 Å². The molecule has 1 aliphatic carbocycles. The number of carboxylic acid groups (broad SMARTS) is 1. The SMILES string of the molecule is CC(C)(C)CON=C[C@H]1C(C)(C)[C@]1(C(=O)O)[C@@H](C#N)c1cccc(Oc2ccccc2)c1. The van der Waals surface area contributed by atoms with Crippen molar-refractivity contribution in [2.75, 3.05) is 6.61 Å². The van der Waals surface area contributed by atoms with E-state index in [0.29, 0.717) is 23.7 Å². The molecule has 3 rings (SSSR count). The van der Waals surface area contributed by atoms with Gasteiger partial charge in [0.05, 0.1) is 12.0 Å². The van der Waals surface area contributed by atoms with Gasteiger partial charge in [0.25, 0.3) is 0 Å². The zero-order valence-electron chi connectivity index (χ0n) is 19.2. The van der Waals surface area contributed by atoms with Crippen molar-refractivity contribution in [1.82, 2.24) is 0 Å². The fraction of sp³-hybridized carbons (Fsp3) is 0.423. The highest BCUT2D eigenvalue weighted by atomic mass is 16.6. The summed E-state index contributed by atoms with van der Waals surface area (Å²) in [7, 11) is 0. The molecule has 6 nitrogen and oxygen atoms in total. The van der Waals surface area contributed by atoms with Crippen molar-refractivity contribution in [1.29, 1.82) is 5.26 Å². The third kappa shape index (κ3) is 4.34. The first kappa shape index (κ1) is 23.3. The number of para-hydroxylation sites is 1. The second-order valence-corrected chi connectivity index (χ2v) is 10.0. The van der Waals surface area contributed by atoms with Crippen LogP contribution in [0.1, 0.15) is 46.1 Å². The lowest BCUT2D eigenvalue weighted by molar-refractivity contribution is -0.145. The van der Waals surface area contributed by atoms with E-state index in [0.717, 1.165) is 0 Å². The highest BCUT2D eigenvalue weighted by Gasteiger charge is 2.79. The predicted octanol–water partition coefficient (Wildman–Crippen LogP) is 5.86. The minimum Gasteiger partial charge on any atom is -0.481 e. The van der Waals surface area contributed by atoms with Crippen LogP contribution in [0.3, 0.4) is 0 Å². The quantitative estimate of drug-likeness (QED) is 0.415. The number of nitrogens with zero attached hydrogens (tertiary/aromatic N) is 2. The van der Waals surface area contributed by atoms with Crippen molar-refractivity contribution < 1.29 is 19.5 Å². The van der Waals surface area contributed by atoms with E-state index in [1.165, 1.54) is 0 Å². The van der Waals surface area contributed by atoms with Gasteiger partial charge < -0.3 is 14.7 Å². The van der Waals surface area contributed by atoms with Crippen molar-refractivity contribution in [2.45, 2.75) is 40.5 Å². The highest BCUT2D eigenvalue weighted by Crippen LogP contribution is 2.73. The van der Waals surface area contributed by atoms with Crippen LogP contribution < -0.4 is 4.74 Å². The number of hydrogen-bond donors (Lipinski definition) is 1. The fourth-order valence-electron chi connectivity index (χ4n) is 4.38. The van der Waals surface area contributed by atoms with Gasteiger partial charge in [0.1, 0.15) is 23.5 Å². The van der Waals surface area contributed by atoms with E-state index in [2.05, 4.69) is 11.2 Å². The standard InChI is InChI=1S/C26H30N2O4/c1-24(2,3)17-31-28-16-22-25(4,5)26(22,23(29)30)21(15-27)18-10-9-13-20(14-18)32-19-11-7-6-8-12-19/h6-14,16,21-22H,17H2,1-5H3,(H,29,30)/t21-,22-,26+/m0/s1. The first-order valence-electron chi connectivity index (χ1n) is 10.7.